The van der Waals surface area contributed by atoms with Crippen LogP contribution in [0.1, 0.15) is 33.6 Å². The summed E-state index contributed by atoms with van der Waals surface area (Å²) in [6.45, 7) is 10.1. The number of hydrogen-bond acceptors (Lipinski definition) is 2. The summed E-state index contributed by atoms with van der Waals surface area (Å²) in [6, 6.07) is 0. The second-order valence-corrected chi connectivity index (χ2v) is 4.47. The third kappa shape index (κ3) is 1.80. The Kier molecular flexibility index (Phi) is 3.13. The molecule has 2 N–H and O–H groups in total. The van der Waals surface area contributed by atoms with Gasteiger partial charge in [-0.2, -0.15) is 0 Å². The van der Waals surface area contributed by atoms with Crippen molar-refractivity contribution in [1.29, 1.82) is 0 Å². The zero-order valence-electron chi connectivity index (χ0n) is 8.64. The Morgan fingerprint density at radius 1 is 1.50 bits per heavy atom. The molecule has 0 aromatic carbocycles. The van der Waals surface area contributed by atoms with E-state index in [1.54, 1.807) is 0 Å². The lowest BCUT2D eigenvalue weighted by Crippen LogP contribution is -2.53. The minimum Gasteiger partial charge on any atom is -0.329 e. The highest BCUT2D eigenvalue weighted by Crippen LogP contribution is 2.32. The Morgan fingerprint density at radius 2 is 2.17 bits per heavy atom. The van der Waals surface area contributed by atoms with E-state index in [2.05, 4.69) is 25.7 Å². The zero-order valence-corrected chi connectivity index (χ0v) is 8.64. The molecule has 0 saturated carbocycles. The lowest BCUT2D eigenvalue weighted by atomic mass is 9.80. The van der Waals surface area contributed by atoms with Crippen LogP contribution >= 0.6 is 0 Å². The minimum atomic E-state index is 0.359. The first kappa shape index (κ1) is 10.0. The van der Waals surface area contributed by atoms with E-state index in [0.29, 0.717) is 5.54 Å². The fourth-order valence-corrected chi connectivity index (χ4v) is 2.10. The van der Waals surface area contributed by atoms with Crippen molar-refractivity contribution in [2.75, 3.05) is 19.6 Å². The molecule has 72 valence electrons. The van der Waals surface area contributed by atoms with Crippen LogP contribution in [0.25, 0.3) is 0 Å². The topological polar surface area (TPSA) is 29.3 Å². The third-order valence-corrected chi connectivity index (χ3v) is 3.49. The number of likely N-dealkylation sites (tertiary alicyclic amines) is 1. The molecular formula is C10H22N2. The van der Waals surface area contributed by atoms with Gasteiger partial charge in [0.15, 0.2) is 0 Å². The van der Waals surface area contributed by atoms with E-state index in [4.69, 9.17) is 5.73 Å². The first-order valence-corrected chi connectivity index (χ1v) is 5.04. The van der Waals surface area contributed by atoms with Crippen molar-refractivity contribution < 1.29 is 0 Å². The SMILES string of the molecule is CC1CCCN(CCN)C1(C)C. The zero-order chi connectivity index (χ0) is 9.19. The number of nitrogens with zero attached hydrogens (tertiary/aromatic N) is 1. The number of rotatable bonds is 2. The van der Waals surface area contributed by atoms with E-state index >= 15 is 0 Å². The molecule has 0 radical (unpaired) electrons. The molecule has 12 heavy (non-hydrogen) atoms. The molecule has 1 rings (SSSR count). The van der Waals surface area contributed by atoms with Gasteiger partial charge in [0.1, 0.15) is 0 Å². The summed E-state index contributed by atoms with van der Waals surface area (Å²) in [5.74, 6) is 0.804. The van der Waals surface area contributed by atoms with Crippen LogP contribution in [0.3, 0.4) is 0 Å². The molecule has 1 aliphatic heterocycles. The first-order chi connectivity index (χ1) is 5.59. The lowest BCUT2D eigenvalue weighted by Gasteiger charge is -2.47. The van der Waals surface area contributed by atoms with Gasteiger partial charge in [-0.3, -0.25) is 4.90 Å². The van der Waals surface area contributed by atoms with Crippen LogP contribution in [0.15, 0.2) is 0 Å². The average molecular weight is 170 g/mol. The van der Waals surface area contributed by atoms with Gasteiger partial charge in [-0.1, -0.05) is 6.92 Å². The number of hydrogen-bond donors (Lipinski definition) is 1. The summed E-state index contributed by atoms with van der Waals surface area (Å²) in [7, 11) is 0. The predicted octanol–water partition coefficient (Wildman–Crippen LogP) is 1.46. The normalized spacial score (nSPS) is 30.5. The van der Waals surface area contributed by atoms with Crippen LogP contribution in [0.4, 0.5) is 0 Å². The Bertz CT molecular complexity index is 141. The van der Waals surface area contributed by atoms with Crippen molar-refractivity contribution in [2.24, 2.45) is 11.7 Å². The molecule has 0 aromatic rings. The van der Waals surface area contributed by atoms with Gasteiger partial charge in [-0.25, -0.2) is 0 Å². The van der Waals surface area contributed by atoms with Gasteiger partial charge >= 0.3 is 0 Å². The molecule has 0 aliphatic carbocycles. The summed E-state index contributed by atoms with van der Waals surface area (Å²) in [5.41, 5.74) is 5.94. The molecule has 0 amide bonds. The third-order valence-electron chi connectivity index (χ3n) is 3.49. The maximum Gasteiger partial charge on any atom is 0.0179 e. The largest absolute Gasteiger partial charge is 0.329 e. The van der Waals surface area contributed by atoms with Crippen molar-refractivity contribution in [3.05, 3.63) is 0 Å². The van der Waals surface area contributed by atoms with E-state index in [-0.39, 0.29) is 0 Å². The molecule has 1 unspecified atom stereocenters. The van der Waals surface area contributed by atoms with Gasteiger partial charge in [0.25, 0.3) is 0 Å². The quantitative estimate of drug-likeness (QED) is 0.680. The number of nitrogens with two attached hydrogens (primary N) is 1. The van der Waals surface area contributed by atoms with Crippen molar-refractivity contribution in [3.63, 3.8) is 0 Å². The standard InChI is InChI=1S/C10H22N2/c1-9-5-4-7-12(8-6-11)10(9,2)3/h9H,4-8,11H2,1-3H3. The maximum atomic E-state index is 5.58. The first-order valence-electron chi connectivity index (χ1n) is 5.04. The summed E-state index contributed by atoms with van der Waals surface area (Å²) in [4.78, 5) is 2.53. The molecule has 1 atom stereocenters. The minimum absolute atomic E-state index is 0.359. The predicted molar refractivity (Wildman–Crippen MR) is 53.1 cm³/mol. The van der Waals surface area contributed by atoms with Crippen LogP contribution in [-0.4, -0.2) is 30.1 Å². The van der Waals surface area contributed by atoms with Crippen LogP contribution < -0.4 is 5.73 Å². The van der Waals surface area contributed by atoms with Gasteiger partial charge in [0, 0.05) is 18.6 Å². The Balaban J connectivity index is 2.59. The summed E-state index contributed by atoms with van der Waals surface area (Å²) < 4.78 is 0. The molecule has 0 spiro atoms. The molecule has 1 heterocycles. The van der Waals surface area contributed by atoms with Gasteiger partial charge in [0.05, 0.1) is 0 Å². The maximum absolute atomic E-state index is 5.58. The Labute approximate surface area is 76.1 Å². The average Bonchev–Trinajstić information content (AvgIpc) is 2.00. The smallest absolute Gasteiger partial charge is 0.0179 e. The van der Waals surface area contributed by atoms with E-state index in [1.807, 2.05) is 0 Å². The molecule has 0 aromatic heterocycles. The molecular weight excluding hydrogens is 148 g/mol. The summed E-state index contributed by atoms with van der Waals surface area (Å²) in [5, 5.41) is 0. The molecule has 1 aliphatic rings. The Morgan fingerprint density at radius 3 is 2.75 bits per heavy atom. The summed E-state index contributed by atoms with van der Waals surface area (Å²) in [6.07, 6.45) is 2.71. The number of piperidine rings is 1. The monoisotopic (exact) mass is 170 g/mol. The fraction of sp³-hybridized carbons (Fsp3) is 1.00. The fourth-order valence-electron chi connectivity index (χ4n) is 2.10. The van der Waals surface area contributed by atoms with Gasteiger partial charge < -0.3 is 5.73 Å². The van der Waals surface area contributed by atoms with Crippen molar-refractivity contribution >= 4 is 0 Å². The lowest BCUT2D eigenvalue weighted by molar-refractivity contribution is 0.0329. The van der Waals surface area contributed by atoms with E-state index in [1.165, 1.54) is 19.4 Å². The van der Waals surface area contributed by atoms with Crippen LogP contribution in [-0.2, 0) is 0 Å². The van der Waals surface area contributed by atoms with Gasteiger partial charge in [-0.15, -0.1) is 0 Å². The van der Waals surface area contributed by atoms with Crippen LogP contribution in [0.2, 0.25) is 0 Å². The molecule has 2 nitrogen and oxygen atoms in total. The van der Waals surface area contributed by atoms with Gasteiger partial charge in [0.2, 0.25) is 0 Å². The van der Waals surface area contributed by atoms with Crippen LogP contribution in [0.5, 0.6) is 0 Å². The molecule has 0 bridgehead atoms. The second-order valence-electron chi connectivity index (χ2n) is 4.47. The van der Waals surface area contributed by atoms with Crippen LogP contribution in [0, 0.1) is 5.92 Å². The second kappa shape index (κ2) is 3.75. The van der Waals surface area contributed by atoms with Crippen molar-refractivity contribution in [3.8, 4) is 0 Å². The highest BCUT2D eigenvalue weighted by atomic mass is 15.2. The van der Waals surface area contributed by atoms with E-state index in [0.717, 1.165) is 19.0 Å². The molecule has 2 heteroatoms. The van der Waals surface area contributed by atoms with Gasteiger partial charge in [-0.05, 0) is 39.2 Å². The van der Waals surface area contributed by atoms with E-state index in [9.17, 15) is 0 Å². The summed E-state index contributed by atoms with van der Waals surface area (Å²) >= 11 is 0. The van der Waals surface area contributed by atoms with Crippen molar-refractivity contribution in [1.82, 2.24) is 4.90 Å². The molecule has 1 saturated heterocycles. The Hall–Kier alpha value is -0.0800. The highest BCUT2D eigenvalue weighted by molar-refractivity contribution is 4.90. The highest BCUT2D eigenvalue weighted by Gasteiger charge is 2.34. The van der Waals surface area contributed by atoms with E-state index < -0.39 is 0 Å². The van der Waals surface area contributed by atoms with Crippen molar-refractivity contribution in [2.45, 2.75) is 39.2 Å². The molecule has 1 fully saturated rings.